The summed E-state index contributed by atoms with van der Waals surface area (Å²) in [5.74, 6) is 0.604. The van der Waals surface area contributed by atoms with Crippen LogP contribution in [0.25, 0.3) is 97.7 Å². The van der Waals surface area contributed by atoms with Crippen molar-refractivity contribution in [3.63, 3.8) is 0 Å². The largest absolute Gasteiger partial charge is 0.456 e. The van der Waals surface area contributed by atoms with Crippen LogP contribution in [0.2, 0.25) is 0 Å². The van der Waals surface area contributed by atoms with Crippen molar-refractivity contribution in [3.8, 4) is 22.6 Å². The molecule has 0 aliphatic rings. The fraction of sp³-hybridized carbons (Fsp3) is 0. The molecule has 0 unspecified atom stereocenters. The number of thiophene rings is 1. The molecule has 12 rings (SSSR count). The van der Waals surface area contributed by atoms with E-state index in [4.69, 9.17) is 18.2 Å². The quantitative estimate of drug-likeness (QED) is 0.177. The third-order valence-corrected chi connectivity index (χ3v) is 11.8. The lowest BCUT2D eigenvalue weighted by Crippen LogP contribution is -2.09. The number of anilines is 3. The van der Waals surface area contributed by atoms with E-state index in [1.54, 1.807) is 0 Å². The number of fused-ring (bicyclic) bond motifs is 10. The number of hydrogen-bond donors (Lipinski definition) is 0. The molecule has 258 valence electrons. The first-order valence-corrected chi connectivity index (χ1v) is 19.1. The summed E-state index contributed by atoms with van der Waals surface area (Å²) in [7, 11) is 0. The lowest BCUT2D eigenvalue weighted by atomic mass is 10.0. The molecule has 5 nitrogen and oxygen atoms in total. The standard InChI is InChI=1S/C49H28N2O3S/c1-2-8-30(9-3-1)49-50-41-27-40-37-21-16-31(24-43(37)53-45(40)28-46(41)54-49)29-14-17-32(18-15-29)51(33-19-22-36-35-10-4-6-12-42(35)52-44(36)25-33)34-20-23-39-38-11-5-7-13-47(38)55-48(39)26-34/h1-28H. The first kappa shape index (κ1) is 30.3. The predicted molar refractivity (Wildman–Crippen MR) is 227 cm³/mol. The van der Waals surface area contributed by atoms with Crippen molar-refractivity contribution in [2.24, 2.45) is 0 Å². The molecule has 0 radical (unpaired) electrons. The maximum Gasteiger partial charge on any atom is 0.227 e. The zero-order chi connectivity index (χ0) is 36.0. The van der Waals surface area contributed by atoms with E-state index < -0.39 is 0 Å². The highest BCUT2D eigenvalue weighted by Gasteiger charge is 2.18. The predicted octanol–water partition coefficient (Wildman–Crippen LogP) is 14.8. The van der Waals surface area contributed by atoms with E-state index in [0.29, 0.717) is 11.5 Å². The fourth-order valence-corrected chi connectivity index (χ4v) is 9.18. The minimum atomic E-state index is 0.604. The van der Waals surface area contributed by atoms with Crippen molar-refractivity contribution >= 4 is 104 Å². The summed E-state index contributed by atoms with van der Waals surface area (Å²) in [6, 6.07) is 59.3. The van der Waals surface area contributed by atoms with Gasteiger partial charge in [-0.3, -0.25) is 0 Å². The van der Waals surface area contributed by atoms with Gasteiger partial charge in [-0.05, 0) is 90.0 Å². The van der Waals surface area contributed by atoms with Gasteiger partial charge < -0.3 is 18.2 Å². The van der Waals surface area contributed by atoms with Crippen LogP contribution in [0.1, 0.15) is 0 Å². The van der Waals surface area contributed by atoms with Crippen LogP contribution in [0, 0.1) is 0 Å². The minimum absolute atomic E-state index is 0.604. The Kier molecular flexibility index (Phi) is 6.44. The van der Waals surface area contributed by atoms with E-state index in [-0.39, 0.29) is 0 Å². The van der Waals surface area contributed by atoms with Gasteiger partial charge in [-0.1, -0.05) is 78.9 Å². The maximum absolute atomic E-state index is 6.43. The Hall–Kier alpha value is -7.15. The summed E-state index contributed by atoms with van der Waals surface area (Å²) in [6.07, 6.45) is 0. The summed E-state index contributed by atoms with van der Waals surface area (Å²) in [6.45, 7) is 0. The Bertz CT molecular complexity index is 3330. The summed E-state index contributed by atoms with van der Waals surface area (Å²) in [4.78, 5) is 7.10. The highest BCUT2D eigenvalue weighted by atomic mass is 32.1. The Balaban J connectivity index is 0.938. The normalized spacial score (nSPS) is 12.0. The van der Waals surface area contributed by atoms with Crippen LogP contribution in [0.5, 0.6) is 0 Å². The maximum atomic E-state index is 6.43. The molecule has 0 spiro atoms. The van der Waals surface area contributed by atoms with E-state index in [1.807, 2.05) is 59.9 Å². The van der Waals surface area contributed by atoms with Gasteiger partial charge in [-0.25, -0.2) is 4.98 Å². The lowest BCUT2D eigenvalue weighted by molar-refractivity contribution is 0.617. The fourth-order valence-electron chi connectivity index (χ4n) is 8.04. The van der Waals surface area contributed by atoms with Crippen LogP contribution >= 0.6 is 11.3 Å². The molecular formula is C49H28N2O3S. The number of hydrogen-bond acceptors (Lipinski definition) is 6. The van der Waals surface area contributed by atoms with Crippen LogP contribution in [-0.4, -0.2) is 4.98 Å². The highest BCUT2D eigenvalue weighted by Crippen LogP contribution is 2.43. The number of rotatable bonds is 5. The van der Waals surface area contributed by atoms with Crippen LogP contribution in [-0.2, 0) is 0 Å². The number of benzene rings is 8. The van der Waals surface area contributed by atoms with E-state index in [2.05, 4.69) is 126 Å². The summed E-state index contributed by atoms with van der Waals surface area (Å²) >= 11 is 1.83. The van der Waals surface area contributed by atoms with Gasteiger partial charge in [0.1, 0.15) is 27.8 Å². The Morgan fingerprint density at radius 3 is 1.87 bits per heavy atom. The summed E-state index contributed by atoms with van der Waals surface area (Å²) in [5, 5.41) is 6.86. The minimum Gasteiger partial charge on any atom is -0.456 e. The highest BCUT2D eigenvalue weighted by molar-refractivity contribution is 7.25. The number of nitrogens with zero attached hydrogens (tertiary/aromatic N) is 2. The Labute approximate surface area is 317 Å². The monoisotopic (exact) mass is 724 g/mol. The molecule has 4 heterocycles. The summed E-state index contributed by atoms with van der Waals surface area (Å²) < 4.78 is 21.5. The van der Waals surface area contributed by atoms with E-state index in [9.17, 15) is 0 Å². The van der Waals surface area contributed by atoms with Gasteiger partial charge in [0, 0.05) is 76.5 Å². The van der Waals surface area contributed by atoms with Crippen molar-refractivity contribution in [1.29, 1.82) is 0 Å². The SMILES string of the molecule is c1ccc(-c2nc3cc4c(cc3o2)oc2cc(-c3ccc(N(c5ccc6c(c5)oc5ccccc56)c5ccc6c(c5)sc5ccccc56)cc3)ccc24)cc1. The number of aromatic nitrogens is 1. The van der Waals surface area contributed by atoms with Crippen LogP contribution < -0.4 is 4.90 Å². The van der Waals surface area contributed by atoms with Crippen LogP contribution in [0.4, 0.5) is 17.1 Å². The van der Waals surface area contributed by atoms with Crippen LogP contribution in [0.15, 0.2) is 183 Å². The van der Waals surface area contributed by atoms with Crippen molar-refractivity contribution < 1.29 is 13.3 Å². The molecule has 0 saturated carbocycles. The van der Waals surface area contributed by atoms with Gasteiger partial charge in [0.15, 0.2) is 5.58 Å². The smallest absolute Gasteiger partial charge is 0.227 e. The molecule has 0 atom stereocenters. The molecule has 0 amide bonds. The van der Waals surface area contributed by atoms with Crippen molar-refractivity contribution in [3.05, 3.63) is 170 Å². The number of para-hydroxylation sites is 1. The van der Waals surface area contributed by atoms with Gasteiger partial charge >= 0.3 is 0 Å². The second-order valence-corrected chi connectivity index (χ2v) is 15.0. The van der Waals surface area contributed by atoms with Gasteiger partial charge in [-0.15, -0.1) is 11.3 Å². The second kappa shape index (κ2) is 11.7. The number of oxazole rings is 1. The molecular weight excluding hydrogens is 697 g/mol. The van der Waals surface area contributed by atoms with Crippen LogP contribution in [0.3, 0.4) is 0 Å². The van der Waals surface area contributed by atoms with Crippen molar-refractivity contribution in [1.82, 2.24) is 4.98 Å². The van der Waals surface area contributed by atoms with E-state index in [0.717, 1.165) is 83.1 Å². The lowest BCUT2D eigenvalue weighted by Gasteiger charge is -2.26. The zero-order valence-corrected chi connectivity index (χ0v) is 30.0. The van der Waals surface area contributed by atoms with Crippen molar-refractivity contribution in [2.75, 3.05) is 4.90 Å². The topological polar surface area (TPSA) is 55.6 Å². The first-order chi connectivity index (χ1) is 27.2. The molecule has 6 heteroatoms. The summed E-state index contributed by atoms with van der Waals surface area (Å²) in [5.41, 5.74) is 11.2. The van der Waals surface area contributed by atoms with Gasteiger partial charge in [-0.2, -0.15) is 0 Å². The molecule has 0 fully saturated rings. The average Bonchev–Trinajstić information content (AvgIpc) is 4.01. The molecule has 0 bridgehead atoms. The van der Waals surface area contributed by atoms with Crippen molar-refractivity contribution in [2.45, 2.75) is 0 Å². The molecule has 55 heavy (non-hydrogen) atoms. The molecule has 8 aromatic carbocycles. The number of furan rings is 2. The molecule has 0 aliphatic carbocycles. The molecule has 4 aromatic heterocycles. The first-order valence-electron chi connectivity index (χ1n) is 18.3. The molecule has 0 saturated heterocycles. The molecule has 0 N–H and O–H groups in total. The van der Waals surface area contributed by atoms with Gasteiger partial charge in [0.25, 0.3) is 0 Å². The Morgan fingerprint density at radius 2 is 0.982 bits per heavy atom. The van der Waals surface area contributed by atoms with Gasteiger partial charge in [0.2, 0.25) is 5.89 Å². The van der Waals surface area contributed by atoms with E-state index in [1.165, 1.54) is 20.2 Å². The molecule has 0 aliphatic heterocycles. The third kappa shape index (κ3) is 4.82. The Morgan fingerprint density at radius 1 is 0.364 bits per heavy atom. The van der Waals surface area contributed by atoms with Gasteiger partial charge in [0.05, 0.1) is 0 Å². The third-order valence-electron chi connectivity index (χ3n) is 10.7. The zero-order valence-electron chi connectivity index (χ0n) is 29.2. The molecule has 12 aromatic rings. The van der Waals surface area contributed by atoms with E-state index >= 15 is 0 Å². The average molecular weight is 725 g/mol. The second-order valence-electron chi connectivity index (χ2n) is 14.0.